The van der Waals surface area contributed by atoms with Crippen LogP contribution in [-0.2, 0) is 11.2 Å². The molecule has 0 aliphatic carbocycles. The van der Waals surface area contributed by atoms with Gasteiger partial charge >= 0.3 is 0 Å². The number of benzene rings is 2. The fraction of sp³-hybridized carbons (Fsp3) is 0.0588. The highest BCUT2D eigenvalue weighted by Crippen LogP contribution is 2.21. The van der Waals surface area contributed by atoms with Crippen LogP contribution in [0.5, 0.6) is 0 Å². The molecule has 3 rings (SSSR count). The molecule has 0 aliphatic rings. The first-order valence-corrected chi connectivity index (χ1v) is 6.67. The van der Waals surface area contributed by atoms with Crippen molar-refractivity contribution < 1.29 is 9.32 Å². The van der Waals surface area contributed by atoms with E-state index in [9.17, 15) is 4.79 Å². The SMILES string of the molecule is O=C(Cc1ccccc1)Nc1cc(-c2ccccc2)no1. The Kier molecular flexibility index (Phi) is 3.78. The molecule has 0 radical (unpaired) electrons. The van der Waals surface area contributed by atoms with Crippen molar-refractivity contribution in [2.75, 3.05) is 5.32 Å². The van der Waals surface area contributed by atoms with Crippen LogP contribution in [0.25, 0.3) is 11.3 Å². The molecule has 0 saturated carbocycles. The molecule has 0 spiro atoms. The Morgan fingerprint density at radius 3 is 2.38 bits per heavy atom. The zero-order valence-electron chi connectivity index (χ0n) is 11.3. The van der Waals surface area contributed by atoms with E-state index < -0.39 is 0 Å². The fourth-order valence-corrected chi connectivity index (χ4v) is 2.04. The Bertz CT molecular complexity index is 721. The minimum atomic E-state index is -0.128. The zero-order valence-corrected chi connectivity index (χ0v) is 11.3. The van der Waals surface area contributed by atoms with Gasteiger partial charge in [0.25, 0.3) is 0 Å². The van der Waals surface area contributed by atoms with Gasteiger partial charge in [0.05, 0.1) is 6.42 Å². The number of carbonyl (C=O) groups is 1. The molecule has 21 heavy (non-hydrogen) atoms. The minimum absolute atomic E-state index is 0.128. The van der Waals surface area contributed by atoms with Crippen molar-refractivity contribution in [1.82, 2.24) is 5.16 Å². The molecule has 0 atom stereocenters. The van der Waals surface area contributed by atoms with Crippen molar-refractivity contribution in [1.29, 1.82) is 0 Å². The lowest BCUT2D eigenvalue weighted by molar-refractivity contribution is -0.115. The summed E-state index contributed by atoms with van der Waals surface area (Å²) in [6.45, 7) is 0. The van der Waals surface area contributed by atoms with Crippen molar-refractivity contribution in [3.05, 3.63) is 72.3 Å². The third-order valence-corrected chi connectivity index (χ3v) is 3.05. The van der Waals surface area contributed by atoms with Gasteiger partial charge in [-0.05, 0) is 5.56 Å². The van der Waals surface area contributed by atoms with Gasteiger partial charge in [-0.1, -0.05) is 65.8 Å². The Labute approximate surface area is 122 Å². The molecule has 0 saturated heterocycles. The number of hydrogen-bond acceptors (Lipinski definition) is 3. The van der Waals surface area contributed by atoms with Crippen LogP contribution >= 0.6 is 0 Å². The van der Waals surface area contributed by atoms with Gasteiger partial charge in [-0.2, -0.15) is 0 Å². The maximum atomic E-state index is 11.9. The Morgan fingerprint density at radius 2 is 1.67 bits per heavy atom. The molecule has 0 bridgehead atoms. The minimum Gasteiger partial charge on any atom is -0.338 e. The normalized spacial score (nSPS) is 10.3. The second-order valence-electron chi connectivity index (χ2n) is 4.65. The van der Waals surface area contributed by atoms with Crippen LogP contribution < -0.4 is 5.32 Å². The first-order valence-electron chi connectivity index (χ1n) is 6.67. The van der Waals surface area contributed by atoms with Gasteiger partial charge in [-0.15, -0.1) is 0 Å². The number of aromatic nitrogens is 1. The highest BCUT2D eigenvalue weighted by molar-refractivity contribution is 5.91. The molecule has 0 fully saturated rings. The third kappa shape index (κ3) is 3.36. The van der Waals surface area contributed by atoms with E-state index in [1.54, 1.807) is 6.07 Å². The Morgan fingerprint density at radius 1 is 1.00 bits per heavy atom. The molecule has 4 heteroatoms. The van der Waals surface area contributed by atoms with E-state index in [-0.39, 0.29) is 5.91 Å². The summed E-state index contributed by atoms with van der Waals surface area (Å²) in [5.74, 6) is 0.228. The highest BCUT2D eigenvalue weighted by atomic mass is 16.5. The van der Waals surface area contributed by atoms with Gasteiger partial charge < -0.3 is 4.52 Å². The van der Waals surface area contributed by atoms with E-state index in [4.69, 9.17) is 4.52 Å². The summed E-state index contributed by atoms with van der Waals surface area (Å²) in [5.41, 5.74) is 2.60. The van der Waals surface area contributed by atoms with E-state index in [1.807, 2.05) is 60.7 Å². The molecular formula is C17H14N2O2. The van der Waals surface area contributed by atoms with Crippen LogP contribution in [0.15, 0.2) is 71.3 Å². The Hall–Kier alpha value is -2.88. The van der Waals surface area contributed by atoms with E-state index in [1.165, 1.54) is 0 Å². The lowest BCUT2D eigenvalue weighted by atomic mass is 10.1. The molecular weight excluding hydrogens is 264 g/mol. The molecule has 1 N–H and O–H groups in total. The lowest BCUT2D eigenvalue weighted by Gasteiger charge is -2.00. The topological polar surface area (TPSA) is 55.1 Å². The maximum Gasteiger partial charge on any atom is 0.231 e. The van der Waals surface area contributed by atoms with Crippen molar-refractivity contribution >= 4 is 11.8 Å². The quantitative estimate of drug-likeness (QED) is 0.794. The Balaban J connectivity index is 1.66. The third-order valence-electron chi connectivity index (χ3n) is 3.05. The summed E-state index contributed by atoms with van der Waals surface area (Å²) in [6.07, 6.45) is 0.308. The summed E-state index contributed by atoms with van der Waals surface area (Å²) in [7, 11) is 0. The predicted octanol–water partition coefficient (Wildman–Crippen LogP) is 3.52. The number of anilines is 1. The molecule has 2 aromatic carbocycles. The van der Waals surface area contributed by atoms with Gasteiger partial charge in [0.2, 0.25) is 11.8 Å². The van der Waals surface area contributed by atoms with Gasteiger partial charge in [-0.25, -0.2) is 0 Å². The molecule has 3 aromatic rings. The standard InChI is InChI=1S/C17H14N2O2/c20-16(11-13-7-3-1-4-8-13)18-17-12-15(19-21-17)14-9-5-2-6-10-14/h1-10,12H,11H2,(H,18,20). The number of carbonyl (C=O) groups excluding carboxylic acids is 1. The summed E-state index contributed by atoms with van der Waals surface area (Å²) in [6, 6.07) is 20.9. The second-order valence-corrected chi connectivity index (χ2v) is 4.65. The summed E-state index contributed by atoms with van der Waals surface area (Å²) < 4.78 is 5.15. The number of hydrogen-bond donors (Lipinski definition) is 1. The van der Waals surface area contributed by atoms with Crippen molar-refractivity contribution in [3.63, 3.8) is 0 Å². The van der Waals surface area contributed by atoms with E-state index in [0.717, 1.165) is 11.1 Å². The van der Waals surface area contributed by atoms with Gasteiger partial charge in [0, 0.05) is 11.6 Å². The summed E-state index contributed by atoms with van der Waals surface area (Å²) in [5, 5.41) is 6.67. The smallest absolute Gasteiger partial charge is 0.231 e. The van der Waals surface area contributed by atoms with Crippen LogP contribution in [0.1, 0.15) is 5.56 Å². The lowest BCUT2D eigenvalue weighted by Crippen LogP contribution is -2.13. The van der Waals surface area contributed by atoms with Crippen LogP contribution in [-0.4, -0.2) is 11.1 Å². The van der Waals surface area contributed by atoms with E-state index >= 15 is 0 Å². The van der Waals surface area contributed by atoms with Crippen LogP contribution in [0, 0.1) is 0 Å². The largest absolute Gasteiger partial charge is 0.338 e. The predicted molar refractivity (Wildman–Crippen MR) is 80.7 cm³/mol. The molecule has 1 amide bonds. The van der Waals surface area contributed by atoms with E-state index in [0.29, 0.717) is 18.0 Å². The van der Waals surface area contributed by atoms with Crippen molar-refractivity contribution in [2.24, 2.45) is 0 Å². The number of rotatable bonds is 4. The first-order chi connectivity index (χ1) is 10.3. The monoisotopic (exact) mass is 278 g/mol. The van der Waals surface area contributed by atoms with Crippen molar-refractivity contribution in [3.8, 4) is 11.3 Å². The van der Waals surface area contributed by atoms with Crippen molar-refractivity contribution in [2.45, 2.75) is 6.42 Å². The van der Waals surface area contributed by atoms with Gasteiger partial charge in [-0.3, -0.25) is 10.1 Å². The van der Waals surface area contributed by atoms with Crippen LogP contribution in [0.3, 0.4) is 0 Å². The second kappa shape index (κ2) is 6.05. The average Bonchev–Trinajstić information content (AvgIpc) is 2.97. The number of amides is 1. The van der Waals surface area contributed by atoms with Gasteiger partial charge in [0.15, 0.2) is 0 Å². The average molecular weight is 278 g/mol. The first kappa shape index (κ1) is 13.1. The van der Waals surface area contributed by atoms with E-state index in [2.05, 4.69) is 10.5 Å². The van der Waals surface area contributed by atoms with Gasteiger partial charge in [0.1, 0.15) is 5.69 Å². The van der Waals surface area contributed by atoms with Crippen LogP contribution in [0.4, 0.5) is 5.88 Å². The highest BCUT2D eigenvalue weighted by Gasteiger charge is 2.09. The molecule has 0 unspecified atom stereocenters. The number of nitrogens with one attached hydrogen (secondary N) is 1. The molecule has 104 valence electrons. The zero-order chi connectivity index (χ0) is 14.5. The molecule has 1 aromatic heterocycles. The fourth-order valence-electron chi connectivity index (χ4n) is 2.04. The number of nitrogens with zero attached hydrogens (tertiary/aromatic N) is 1. The maximum absolute atomic E-state index is 11.9. The van der Waals surface area contributed by atoms with Crippen LogP contribution in [0.2, 0.25) is 0 Å². The summed E-state index contributed by atoms with van der Waals surface area (Å²) >= 11 is 0. The summed E-state index contributed by atoms with van der Waals surface area (Å²) in [4.78, 5) is 11.9. The molecule has 1 heterocycles. The molecule has 4 nitrogen and oxygen atoms in total. The molecule has 0 aliphatic heterocycles.